The normalized spacial score (nSPS) is 18.7. The second-order valence-electron chi connectivity index (χ2n) is 7.95. The molecule has 2 aliphatic rings. The number of piperidine rings is 1. The number of para-hydroxylation sites is 1. The van der Waals surface area contributed by atoms with Gasteiger partial charge >= 0.3 is 0 Å². The van der Waals surface area contributed by atoms with E-state index in [1.165, 1.54) is 11.8 Å². The topological polar surface area (TPSA) is 87.2 Å². The minimum absolute atomic E-state index is 0.0142. The van der Waals surface area contributed by atoms with Gasteiger partial charge < -0.3 is 15.5 Å². The molecule has 0 bridgehead atoms. The van der Waals surface area contributed by atoms with Crippen LogP contribution >= 0.6 is 11.8 Å². The van der Waals surface area contributed by atoms with Gasteiger partial charge in [0.25, 0.3) is 0 Å². The van der Waals surface area contributed by atoms with E-state index in [-0.39, 0.29) is 23.5 Å². The van der Waals surface area contributed by atoms with E-state index in [2.05, 4.69) is 25.7 Å². The zero-order valence-corrected chi connectivity index (χ0v) is 18.0. The average Bonchev–Trinajstić information content (AvgIpc) is 3.58. The van der Waals surface area contributed by atoms with Crippen LogP contribution < -0.4 is 15.5 Å². The highest BCUT2D eigenvalue weighted by molar-refractivity contribution is 7.99. The number of aromatic nitrogens is 2. The van der Waals surface area contributed by atoms with Gasteiger partial charge in [0.2, 0.25) is 11.8 Å². The molecule has 2 amide bonds. The van der Waals surface area contributed by atoms with Crippen LogP contribution in [-0.2, 0) is 9.59 Å². The first kappa shape index (κ1) is 20.7. The third kappa shape index (κ3) is 5.50. The Morgan fingerprint density at radius 3 is 2.70 bits per heavy atom. The molecule has 30 heavy (non-hydrogen) atoms. The van der Waals surface area contributed by atoms with Gasteiger partial charge in [-0.1, -0.05) is 30.0 Å². The van der Waals surface area contributed by atoms with Gasteiger partial charge in [0.05, 0.1) is 11.7 Å². The lowest BCUT2D eigenvalue weighted by molar-refractivity contribution is -0.125. The molecule has 158 valence electrons. The summed E-state index contributed by atoms with van der Waals surface area (Å²) in [6, 6.07) is 11.9. The van der Waals surface area contributed by atoms with Crippen LogP contribution in [-0.4, -0.2) is 46.9 Å². The summed E-state index contributed by atoms with van der Waals surface area (Å²) in [6.45, 7) is 3.53. The molecule has 0 spiro atoms. The molecule has 8 heteroatoms. The number of nitrogens with zero attached hydrogens (tertiary/aromatic N) is 3. The smallest absolute Gasteiger partial charge is 0.234 e. The summed E-state index contributed by atoms with van der Waals surface area (Å²) in [6.07, 6.45) is 4.11. The molecule has 4 rings (SSSR count). The zero-order chi connectivity index (χ0) is 20.9. The molecule has 1 aliphatic carbocycles. The summed E-state index contributed by atoms with van der Waals surface area (Å²) < 4.78 is 0. The number of aryl methyl sites for hydroxylation is 1. The van der Waals surface area contributed by atoms with Crippen molar-refractivity contribution in [2.24, 2.45) is 5.92 Å². The van der Waals surface area contributed by atoms with Crippen LogP contribution in [0.1, 0.15) is 31.2 Å². The maximum Gasteiger partial charge on any atom is 0.234 e. The molecule has 1 atom stereocenters. The molecular formula is C22H27N5O2S. The van der Waals surface area contributed by atoms with Gasteiger partial charge in [-0.15, -0.1) is 10.2 Å². The van der Waals surface area contributed by atoms with Crippen molar-refractivity contribution in [3.63, 3.8) is 0 Å². The Balaban J connectivity index is 1.27. The zero-order valence-electron chi connectivity index (χ0n) is 17.1. The maximum atomic E-state index is 12.4. The number of hydrogen-bond donors (Lipinski definition) is 2. The van der Waals surface area contributed by atoms with Crippen LogP contribution in [0.2, 0.25) is 0 Å². The van der Waals surface area contributed by atoms with Gasteiger partial charge in [-0.25, -0.2) is 0 Å². The lowest BCUT2D eigenvalue weighted by Crippen LogP contribution is -2.44. The van der Waals surface area contributed by atoms with Crippen molar-refractivity contribution in [3.8, 4) is 0 Å². The van der Waals surface area contributed by atoms with Crippen molar-refractivity contribution < 1.29 is 9.59 Å². The van der Waals surface area contributed by atoms with E-state index in [9.17, 15) is 9.59 Å². The van der Waals surface area contributed by atoms with E-state index < -0.39 is 0 Å². The number of thioether (sulfide) groups is 1. The Morgan fingerprint density at radius 2 is 1.97 bits per heavy atom. The minimum atomic E-state index is -0.0688. The molecule has 1 unspecified atom stereocenters. The fourth-order valence-corrected chi connectivity index (χ4v) is 4.16. The van der Waals surface area contributed by atoms with Crippen molar-refractivity contribution in [2.75, 3.05) is 29.1 Å². The van der Waals surface area contributed by atoms with Crippen LogP contribution in [0.3, 0.4) is 0 Å². The minimum Gasteiger partial charge on any atom is -0.354 e. The van der Waals surface area contributed by atoms with E-state index >= 15 is 0 Å². The lowest BCUT2D eigenvalue weighted by Gasteiger charge is -2.32. The summed E-state index contributed by atoms with van der Waals surface area (Å²) >= 11 is 1.36. The summed E-state index contributed by atoms with van der Waals surface area (Å²) in [5.74, 6) is 1.17. The molecular weight excluding hydrogens is 398 g/mol. The van der Waals surface area contributed by atoms with Gasteiger partial charge in [0.15, 0.2) is 5.82 Å². The molecule has 7 nitrogen and oxygen atoms in total. The molecule has 1 saturated heterocycles. The maximum absolute atomic E-state index is 12.4. The van der Waals surface area contributed by atoms with Gasteiger partial charge in [-0.3, -0.25) is 9.59 Å². The predicted octanol–water partition coefficient (Wildman–Crippen LogP) is 3.01. The summed E-state index contributed by atoms with van der Waals surface area (Å²) in [5, 5.41) is 15.3. The first-order valence-electron chi connectivity index (χ1n) is 10.5. The Morgan fingerprint density at radius 1 is 1.13 bits per heavy atom. The third-order valence-electron chi connectivity index (χ3n) is 5.44. The van der Waals surface area contributed by atoms with Gasteiger partial charge in [0.1, 0.15) is 5.03 Å². The van der Waals surface area contributed by atoms with E-state index in [1.807, 2.05) is 43.3 Å². The standard InChI is InChI=1S/C22H27N5O2S/c1-15-5-2-3-7-18(15)24-20(28)14-30-21-11-10-19(25-26-21)27-12-4-6-16(13-27)22(29)23-17-8-9-17/h2-3,5,7,10-11,16-17H,4,6,8-9,12-14H2,1H3,(H,23,29)(H,24,28). The molecule has 2 fully saturated rings. The number of benzene rings is 1. The largest absolute Gasteiger partial charge is 0.354 e. The molecule has 1 aromatic heterocycles. The van der Waals surface area contributed by atoms with Gasteiger partial charge in [-0.05, 0) is 56.4 Å². The monoisotopic (exact) mass is 425 g/mol. The third-order valence-corrected chi connectivity index (χ3v) is 6.36. The molecule has 1 aromatic carbocycles. The van der Waals surface area contributed by atoms with Crippen LogP contribution in [0.5, 0.6) is 0 Å². The second kappa shape index (κ2) is 9.47. The number of anilines is 2. The van der Waals surface area contributed by atoms with E-state index in [4.69, 9.17) is 0 Å². The fourth-order valence-electron chi connectivity index (χ4n) is 3.54. The van der Waals surface area contributed by atoms with E-state index in [0.717, 1.165) is 49.3 Å². The molecule has 1 saturated carbocycles. The first-order chi connectivity index (χ1) is 14.6. The highest BCUT2D eigenvalue weighted by atomic mass is 32.2. The number of rotatable bonds is 7. The van der Waals surface area contributed by atoms with Crippen LogP contribution in [0.4, 0.5) is 11.5 Å². The Kier molecular flexibility index (Phi) is 6.52. The van der Waals surface area contributed by atoms with Crippen molar-refractivity contribution in [1.82, 2.24) is 15.5 Å². The molecule has 2 aromatic rings. The second-order valence-corrected chi connectivity index (χ2v) is 8.95. The summed E-state index contributed by atoms with van der Waals surface area (Å²) in [4.78, 5) is 26.7. The van der Waals surface area contributed by atoms with Crippen LogP contribution in [0.15, 0.2) is 41.4 Å². The highest BCUT2D eigenvalue weighted by Crippen LogP contribution is 2.25. The number of carbonyl (C=O) groups is 2. The number of hydrogen-bond acceptors (Lipinski definition) is 6. The van der Waals surface area contributed by atoms with Gasteiger partial charge in [-0.2, -0.15) is 0 Å². The van der Waals surface area contributed by atoms with Crippen LogP contribution in [0, 0.1) is 12.8 Å². The Labute approximate surface area is 181 Å². The summed E-state index contributed by atoms with van der Waals surface area (Å²) in [7, 11) is 0. The van der Waals surface area contributed by atoms with Crippen molar-refractivity contribution >= 4 is 35.1 Å². The summed E-state index contributed by atoms with van der Waals surface area (Å²) in [5.41, 5.74) is 1.86. The van der Waals surface area contributed by atoms with Crippen molar-refractivity contribution in [1.29, 1.82) is 0 Å². The van der Waals surface area contributed by atoms with Crippen molar-refractivity contribution in [3.05, 3.63) is 42.0 Å². The quantitative estimate of drug-likeness (QED) is 0.663. The molecule has 1 aliphatic heterocycles. The highest BCUT2D eigenvalue weighted by Gasteiger charge is 2.30. The number of carbonyl (C=O) groups excluding carboxylic acids is 2. The first-order valence-corrected chi connectivity index (χ1v) is 11.4. The van der Waals surface area contributed by atoms with Crippen LogP contribution in [0.25, 0.3) is 0 Å². The lowest BCUT2D eigenvalue weighted by atomic mass is 9.97. The van der Waals surface area contributed by atoms with E-state index in [0.29, 0.717) is 17.6 Å². The average molecular weight is 426 g/mol. The van der Waals surface area contributed by atoms with E-state index in [1.54, 1.807) is 0 Å². The molecule has 0 radical (unpaired) electrons. The number of nitrogens with one attached hydrogen (secondary N) is 2. The SMILES string of the molecule is Cc1ccccc1NC(=O)CSc1ccc(N2CCCC(C(=O)NC3CC3)C2)nn1. The molecule has 2 N–H and O–H groups in total. The fraction of sp³-hybridized carbons (Fsp3) is 0.455. The number of amides is 2. The Bertz CT molecular complexity index is 901. The van der Waals surface area contributed by atoms with Gasteiger partial charge in [0, 0.05) is 24.8 Å². The predicted molar refractivity (Wildman–Crippen MR) is 119 cm³/mol. The molecule has 2 heterocycles. The van der Waals surface area contributed by atoms with Crippen molar-refractivity contribution in [2.45, 2.75) is 43.7 Å². The Hall–Kier alpha value is -2.61.